The van der Waals surface area contributed by atoms with Crippen molar-refractivity contribution in [3.05, 3.63) is 0 Å². The van der Waals surface area contributed by atoms with Crippen molar-refractivity contribution < 1.29 is 55.0 Å². The highest BCUT2D eigenvalue weighted by molar-refractivity contribution is 6.36. The van der Waals surface area contributed by atoms with Gasteiger partial charge in [-0.25, -0.2) is 9.59 Å². The number of ketones is 2. The molecule has 0 spiro atoms. The Labute approximate surface area is 105 Å². The van der Waals surface area contributed by atoms with Gasteiger partial charge in [-0.3, -0.25) is 9.59 Å². The second-order valence-corrected chi connectivity index (χ2v) is 3.03. The molecule has 0 heterocycles. The molecule has 0 amide bonds. The van der Waals surface area contributed by atoms with Gasteiger partial charge in [-0.1, -0.05) is 0 Å². The van der Waals surface area contributed by atoms with Gasteiger partial charge in [0.2, 0.25) is 6.29 Å². The molecule has 0 rings (SSSR count). The molecule has 0 fully saturated rings. The molecule has 0 atom stereocenters. The Kier molecular flexibility index (Phi) is 5.25. The first-order valence-electron chi connectivity index (χ1n) is 4.41. The van der Waals surface area contributed by atoms with Crippen molar-refractivity contribution >= 4 is 23.5 Å². The summed E-state index contributed by atoms with van der Waals surface area (Å²) >= 11 is 0. The number of ether oxygens (including phenoxy) is 2. The molecular weight excluding hydrogens is 306 g/mol. The lowest BCUT2D eigenvalue weighted by atomic mass is 10.4. The molecule has 0 aromatic rings. The van der Waals surface area contributed by atoms with Crippen LogP contribution in [0.4, 0.5) is 26.3 Å². The topological polar surface area (TPSA) is 86.7 Å². The Bertz CT molecular complexity index is 396. The first-order valence-corrected chi connectivity index (χ1v) is 4.41. The van der Waals surface area contributed by atoms with Crippen molar-refractivity contribution in [2.24, 2.45) is 0 Å². The zero-order chi connectivity index (χ0) is 16.3. The number of esters is 2. The molecule has 20 heavy (non-hydrogen) atoms. The van der Waals surface area contributed by atoms with Crippen LogP contribution in [0.25, 0.3) is 0 Å². The van der Waals surface area contributed by atoms with Gasteiger partial charge in [-0.2, -0.15) is 26.3 Å². The van der Waals surface area contributed by atoms with Crippen molar-refractivity contribution in [3.63, 3.8) is 0 Å². The van der Waals surface area contributed by atoms with Crippen LogP contribution in [0.5, 0.6) is 0 Å². The fourth-order valence-electron chi connectivity index (χ4n) is 0.664. The van der Waals surface area contributed by atoms with Gasteiger partial charge in [-0.05, 0) is 0 Å². The van der Waals surface area contributed by atoms with Crippen LogP contribution in [-0.2, 0) is 28.7 Å². The predicted octanol–water partition coefficient (Wildman–Crippen LogP) is 0.682. The highest BCUT2D eigenvalue weighted by atomic mass is 19.4. The summed E-state index contributed by atoms with van der Waals surface area (Å²) in [6, 6.07) is 0. The Morgan fingerprint density at radius 3 is 1.20 bits per heavy atom. The van der Waals surface area contributed by atoms with Gasteiger partial charge in [0.25, 0.3) is 0 Å². The fourth-order valence-corrected chi connectivity index (χ4v) is 0.664. The van der Waals surface area contributed by atoms with Crippen LogP contribution in [-0.4, -0.2) is 42.1 Å². The maximum absolute atomic E-state index is 11.7. The van der Waals surface area contributed by atoms with Crippen molar-refractivity contribution in [3.8, 4) is 0 Å². The van der Waals surface area contributed by atoms with Crippen molar-refractivity contribution in [2.45, 2.75) is 25.6 Å². The summed E-state index contributed by atoms with van der Waals surface area (Å²) in [5.74, 6) is -10.9. The third kappa shape index (κ3) is 5.24. The Morgan fingerprint density at radius 1 is 0.750 bits per heavy atom. The highest BCUT2D eigenvalue weighted by Gasteiger charge is 2.47. The van der Waals surface area contributed by atoms with Crippen LogP contribution in [0.1, 0.15) is 6.92 Å². The zero-order valence-corrected chi connectivity index (χ0v) is 9.29. The molecule has 6 nitrogen and oxygen atoms in total. The van der Waals surface area contributed by atoms with Crippen LogP contribution < -0.4 is 0 Å². The van der Waals surface area contributed by atoms with E-state index in [0.29, 0.717) is 6.92 Å². The Balaban J connectivity index is 4.56. The first kappa shape index (κ1) is 17.9. The number of carbonyl (C=O) groups excluding carboxylic acids is 4. The van der Waals surface area contributed by atoms with Gasteiger partial charge < -0.3 is 9.47 Å². The molecule has 0 aromatic heterocycles. The van der Waals surface area contributed by atoms with E-state index in [2.05, 4.69) is 9.47 Å². The number of Topliss-reactive ketones (excluding diaryl/α,β-unsaturated/α-hetero) is 2. The molecule has 0 aliphatic rings. The normalized spacial score (nSPS) is 12.0. The van der Waals surface area contributed by atoms with Gasteiger partial charge in [-0.15, -0.1) is 0 Å². The van der Waals surface area contributed by atoms with E-state index < -0.39 is 42.1 Å². The van der Waals surface area contributed by atoms with Crippen molar-refractivity contribution in [1.82, 2.24) is 0 Å². The average molecular weight is 310 g/mol. The van der Waals surface area contributed by atoms with Crippen LogP contribution >= 0.6 is 0 Å². The van der Waals surface area contributed by atoms with E-state index >= 15 is 0 Å². The SMILES string of the molecule is CC(OC(=O)C(=O)C(F)(F)F)OC(=O)C(=O)C(F)(F)F. The average Bonchev–Trinajstić information content (AvgIpc) is 2.23. The number of rotatable bonds is 4. The predicted molar refractivity (Wildman–Crippen MR) is 43.8 cm³/mol. The molecule has 0 saturated carbocycles. The monoisotopic (exact) mass is 310 g/mol. The standard InChI is InChI=1S/C8H4F6O6/c1-2(19-5(17)3(15)7(9,10)11)20-6(18)4(16)8(12,13)14/h2H,1H3. The second kappa shape index (κ2) is 5.88. The Morgan fingerprint density at radius 2 is 1.00 bits per heavy atom. The molecule has 0 saturated heterocycles. The molecule has 0 aliphatic heterocycles. The third-order valence-electron chi connectivity index (χ3n) is 1.43. The van der Waals surface area contributed by atoms with E-state index in [0.717, 1.165) is 0 Å². The van der Waals surface area contributed by atoms with Gasteiger partial charge >= 0.3 is 35.9 Å². The maximum atomic E-state index is 11.7. The minimum absolute atomic E-state index is 0.531. The lowest BCUT2D eigenvalue weighted by Crippen LogP contribution is -2.38. The summed E-state index contributed by atoms with van der Waals surface area (Å²) in [5, 5.41) is 0. The molecule has 0 bridgehead atoms. The minimum Gasteiger partial charge on any atom is -0.419 e. The quantitative estimate of drug-likeness (QED) is 0.328. The molecule has 114 valence electrons. The van der Waals surface area contributed by atoms with Gasteiger partial charge in [0.05, 0.1) is 0 Å². The van der Waals surface area contributed by atoms with Gasteiger partial charge in [0.1, 0.15) is 0 Å². The number of alkyl halides is 6. The summed E-state index contributed by atoms with van der Waals surface area (Å²) in [7, 11) is 0. The van der Waals surface area contributed by atoms with E-state index in [1.807, 2.05) is 0 Å². The van der Waals surface area contributed by atoms with E-state index in [1.54, 1.807) is 0 Å². The number of hydrogen-bond donors (Lipinski definition) is 0. The number of carbonyl (C=O) groups is 4. The lowest BCUT2D eigenvalue weighted by Gasteiger charge is -2.14. The second-order valence-electron chi connectivity index (χ2n) is 3.03. The largest absolute Gasteiger partial charge is 0.461 e. The minimum atomic E-state index is -5.57. The van der Waals surface area contributed by atoms with Crippen LogP contribution in [0.3, 0.4) is 0 Å². The third-order valence-corrected chi connectivity index (χ3v) is 1.43. The molecule has 0 aliphatic carbocycles. The van der Waals surface area contributed by atoms with Crippen LogP contribution in [0, 0.1) is 0 Å². The smallest absolute Gasteiger partial charge is 0.419 e. The molecule has 0 aromatic carbocycles. The molecule has 0 unspecified atom stereocenters. The number of hydrogen-bond acceptors (Lipinski definition) is 6. The van der Waals surface area contributed by atoms with E-state index in [-0.39, 0.29) is 0 Å². The number of halogens is 6. The van der Waals surface area contributed by atoms with E-state index in [9.17, 15) is 45.5 Å². The van der Waals surface area contributed by atoms with Crippen LogP contribution in [0.2, 0.25) is 0 Å². The first-order chi connectivity index (χ1) is 8.76. The summed E-state index contributed by atoms with van der Waals surface area (Å²) < 4.78 is 77.6. The van der Waals surface area contributed by atoms with Gasteiger partial charge in [0.15, 0.2) is 0 Å². The van der Waals surface area contributed by atoms with Crippen LogP contribution in [0.15, 0.2) is 0 Å². The van der Waals surface area contributed by atoms with Crippen molar-refractivity contribution in [2.75, 3.05) is 0 Å². The molecule has 12 heteroatoms. The van der Waals surface area contributed by atoms with Crippen molar-refractivity contribution in [1.29, 1.82) is 0 Å². The summed E-state index contributed by atoms with van der Waals surface area (Å²) in [4.78, 5) is 41.7. The zero-order valence-electron chi connectivity index (χ0n) is 9.29. The lowest BCUT2D eigenvalue weighted by molar-refractivity contribution is -0.204. The Hall–Kier alpha value is -2.14. The summed E-state index contributed by atoms with van der Waals surface area (Å²) in [6.45, 7) is 0.531. The van der Waals surface area contributed by atoms with Gasteiger partial charge in [0, 0.05) is 6.92 Å². The summed E-state index contributed by atoms with van der Waals surface area (Å²) in [5.41, 5.74) is 0. The highest BCUT2D eigenvalue weighted by Crippen LogP contribution is 2.18. The molecule has 0 N–H and O–H groups in total. The van der Waals surface area contributed by atoms with E-state index in [1.165, 1.54) is 0 Å². The molecule has 0 radical (unpaired) electrons. The summed E-state index contributed by atoms with van der Waals surface area (Å²) in [6.07, 6.45) is -13.4. The fraction of sp³-hybridized carbons (Fsp3) is 0.500. The molecular formula is C8H4F6O6. The maximum Gasteiger partial charge on any atom is 0.461 e. The van der Waals surface area contributed by atoms with E-state index in [4.69, 9.17) is 0 Å².